The van der Waals surface area contributed by atoms with E-state index in [2.05, 4.69) is 24.0 Å². The van der Waals surface area contributed by atoms with Crippen LogP contribution in [0.4, 0.5) is 0 Å². The second kappa shape index (κ2) is 4.19. The number of hydrogen-bond acceptors (Lipinski definition) is 4. The van der Waals surface area contributed by atoms with Crippen molar-refractivity contribution < 1.29 is 5.11 Å². The molecule has 2 heterocycles. The summed E-state index contributed by atoms with van der Waals surface area (Å²) in [6.45, 7) is 4.02. The van der Waals surface area contributed by atoms with Crippen LogP contribution in [0.5, 0.6) is 0 Å². The van der Waals surface area contributed by atoms with Crippen molar-refractivity contribution in [3.05, 3.63) is 29.7 Å². The van der Waals surface area contributed by atoms with E-state index >= 15 is 0 Å². The van der Waals surface area contributed by atoms with Gasteiger partial charge >= 0.3 is 0 Å². The minimum atomic E-state index is -0.405. The molecule has 0 saturated carbocycles. The van der Waals surface area contributed by atoms with E-state index in [1.54, 1.807) is 0 Å². The zero-order chi connectivity index (χ0) is 11.7. The van der Waals surface area contributed by atoms with Crippen molar-refractivity contribution in [2.45, 2.75) is 25.8 Å². The van der Waals surface area contributed by atoms with Gasteiger partial charge in [0.05, 0.1) is 12.6 Å². The van der Waals surface area contributed by atoms with Crippen LogP contribution in [0.15, 0.2) is 18.2 Å². The Balaban J connectivity index is 2.68. The van der Waals surface area contributed by atoms with Crippen LogP contribution in [0.2, 0.25) is 0 Å². The van der Waals surface area contributed by atoms with E-state index in [4.69, 9.17) is 10.8 Å². The Morgan fingerprint density at radius 1 is 1.38 bits per heavy atom. The molecule has 0 amide bonds. The van der Waals surface area contributed by atoms with Crippen molar-refractivity contribution >= 4 is 5.65 Å². The topological polar surface area (TPSA) is 76.4 Å². The Kier molecular flexibility index (Phi) is 2.89. The van der Waals surface area contributed by atoms with Crippen molar-refractivity contribution in [2.24, 2.45) is 5.73 Å². The molecule has 2 rings (SSSR count). The SMILES string of the molecule is CC(C)c1nnc2cccc(C(N)CO)n12. The average molecular weight is 220 g/mol. The lowest BCUT2D eigenvalue weighted by Gasteiger charge is -2.13. The zero-order valence-electron chi connectivity index (χ0n) is 9.46. The third-order valence-electron chi connectivity index (χ3n) is 2.58. The molecule has 1 atom stereocenters. The lowest BCUT2D eigenvalue weighted by molar-refractivity contribution is 0.265. The van der Waals surface area contributed by atoms with Gasteiger partial charge < -0.3 is 10.8 Å². The molecule has 0 aliphatic carbocycles. The number of nitrogens with two attached hydrogens (primary N) is 1. The predicted octanol–water partition coefficient (Wildman–Crippen LogP) is 0.845. The minimum Gasteiger partial charge on any atom is -0.394 e. The van der Waals surface area contributed by atoms with Gasteiger partial charge in [-0.1, -0.05) is 19.9 Å². The summed E-state index contributed by atoms with van der Waals surface area (Å²) in [5, 5.41) is 17.4. The number of aromatic nitrogens is 3. The number of pyridine rings is 1. The normalized spacial score (nSPS) is 13.6. The maximum atomic E-state index is 9.14. The Hall–Kier alpha value is -1.46. The number of nitrogens with zero attached hydrogens (tertiary/aromatic N) is 3. The van der Waals surface area contributed by atoms with E-state index in [0.717, 1.165) is 17.2 Å². The van der Waals surface area contributed by atoms with E-state index < -0.39 is 6.04 Å². The lowest BCUT2D eigenvalue weighted by atomic mass is 10.1. The van der Waals surface area contributed by atoms with Gasteiger partial charge in [-0.05, 0) is 12.1 Å². The van der Waals surface area contributed by atoms with Crippen LogP contribution in [-0.4, -0.2) is 26.3 Å². The molecule has 0 fully saturated rings. The molecule has 0 aliphatic rings. The Morgan fingerprint density at radius 3 is 2.75 bits per heavy atom. The first-order valence-electron chi connectivity index (χ1n) is 5.35. The second-order valence-corrected chi connectivity index (χ2v) is 4.15. The molecule has 5 nitrogen and oxygen atoms in total. The first kappa shape index (κ1) is 11.0. The molecule has 0 radical (unpaired) electrons. The van der Waals surface area contributed by atoms with Gasteiger partial charge in [-0.3, -0.25) is 4.40 Å². The quantitative estimate of drug-likeness (QED) is 0.803. The Bertz CT molecular complexity index is 492. The van der Waals surface area contributed by atoms with Gasteiger partial charge in [0.2, 0.25) is 0 Å². The number of aliphatic hydroxyl groups is 1. The predicted molar refractivity (Wildman–Crippen MR) is 61.1 cm³/mol. The number of fused-ring (bicyclic) bond motifs is 1. The van der Waals surface area contributed by atoms with E-state index in [0.29, 0.717) is 0 Å². The minimum absolute atomic E-state index is 0.0885. The molecule has 0 aliphatic heterocycles. The molecule has 0 aromatic carbocycles. The zero-order valence-corrected chi connectivity index (χ0v) is 9.46. The molecule has 86 valence electrons. The van der Waals surface area contributed by atoms with Crippen LogP contribution >= 0.6 is 0 Å². The monoisotopic (exact) mass is 220 g/mol. The Labute approximate surface area is 93.9 Å². The fraction of sp³-hybridized carbons (Fsp3) is 0.455. The highest BCUT2D eigenvalue weighted by molar-refractivity contribution is 5.41. The third kappa shape index (κ3) is 1.68. The summed E-state index contributed by atoms with van der Waals surface area (Å²) < 4.78 is 1.92. The molecule has 16 heavy (non-hydrogen) atoms. The Morgan fingerprint density at radius 2 is 2.12 bits per heavy atom. The van der Waals surface area contributed by atoms with Crippen LogP contribution in [-0.2, 0) is 0 Å². The average Bonchev–Trinajstić information content (AvgIpc) is 2.71. The van der Waals surface area contributed by atoms with Crippen LogP contribution in [0, 0.1) is 0 Å². The van der Waals surface area contributed by atoms with Crippen molar-refractivity contribution in [3.8, 4) is 0 Å². The number of rotatable bonds is 3. The van der Waals surface area contributed by atoms with Gasteiger partial charge in [0.1, 0.15) is 5.82 Å². The third-order valence-corrected chi connectivity index (χ3v) is 2.58. The summed E-state index contributed by atoms with van der Waals surface area (Å²) in [4.78, 5) is 0. The molecule has 3 N–H and O–H groups in total. The largest absolute Gasteiger partial charge is 0.394 e. The van der Waals surface area contributed by atoms with E-state index in [1.165, 1.54) is 0 Å². The van der Waals surface area contributed by atoms with Crippen LogP contribution < -0.4 is 5.73 Å². The summed E-state index contributed by atoms with van der Waals surface area (Å²) in [6, 6.07) is 5.24. The van der Waals surface area contributed by atoms with Crippen molar-refractivity contribution in [1.82, 2.24) is 14.6 Å². The molecular weight excluding hydrogens is 204 g/mol. The second-order valence-electron chi connectivity index (χ2n) is 4.15. The summed E-state index contributed by atoms with van der Waals surface area (Å²) >= 11 is 0. The number of aliphatic hydroxyl groups excluding tert-OH is 1. The first-order chi connectivity index (χ1) is 7.65. The van der Waals surface area contributed by atoms with Gasteiger partial charge in [0, 0.05) is 11.6 Å². The van der Waals surface area contributed by atoms with E-state index in [1.807, 2.05) is 22.6 Å². The van der Waals surface area contributed by atoms with Crippen molar-refractivity contribution in [2.75, 3.05) is 6.61 Å². The number of hydrogen-bond donors (Lipinski definition) is 2. The first-order valence-corrected chi connectivity index (χ1v) is 5.35. The van der Waals surface area contributed by atoms with Crippen LogP contribution in [0.1, 0.15) is 37.3 Å². The van der Waals surface area contributed by atoms with Gasteiger partial charge in [0.25, 0.3) is 0 Å². The molecule has 2 aromatic rings. The van der Waals surface area contributed by atoms with E-state index in [9.17, 15) is 0 Å². The summed E-state index contributed by atoms with van der Waals surface area (Å²) in [6.07, 6.45) is 0. The highest BCUT2D eigenvalue weighted by Gasteiger charge is 2.15. The van der Waals surface area contributed by atoms with Gasteiger partial charge in [0.15, 0.2) is 5.65 Å². The van der Waals surface area contributed by atoms with E-state index in [-0.39, 0.29) is 12.5 Å². The van der Waals surface area contributed by atoms with Gasteiger partial charge in [-0.15, -0.1) is 10.2 Å². The fourth-order valence-corrected chi connectivity index (χ4v) is 1.75. The van der Waals surface area contributed by atoms with Crippen molar-refractivity contribution in [1.29, 1.82) is 0 Å². The highest BCUT2D eigenvalue weighted by atomic mass is 16.3. The smallest absolute Gasteiger partial charge is 0.161 e. The molecule has 0 saturated heterocycles. The molecule has 1 unspecified atom stereocenters. The highest BCUT2D eigenvalue weighted by Crippen LogP contribution is 2.19. The van der Waals surface area contributed by atoms with Gasteiger partial charge in [-0.2, -0.15) is 0 Å². The standard InChI is InChI=1S/C11H16N4O/c1-7(2)11-14-13-10-5-3-4-9(15(10)11)8(12)6-16/h3-5,7-8,16H,6,12H2,1-2H3. The summed E-state index contributed by atoms with van der Waals surface area (Å²) in [5.41, 5.74) is 7.47. The molecular formula is C11H16N4O. The molecule has 0 spiro atoms. The van der Waals surface area contributed by atoms with Crippen LogP contribution in [0.3, 0.4) is 0 Å². The summed E-state index contributed by atoms with van der Waals surface area (Å²) in [5.74, 6) is 1.14. The maximum Gasteiger partial charge on any atom is 0.161 e. The lowest BCUT2D eigenvalue weighted by Crippen LogP contribution is -2.19. The molecule has 5 heteroatoms. The molecule has 2 aromatic heterocycles. The van der Waals surface area contributed by atoms with Crippen LogP contribution in [0.25, 0.3) is 5.65 Å². The molecule has 0 bridgehead atoms. The fourth-order valence-electron chi connectivity index (χ4n) is 1.75. The summed E-state index contributed by atoms with van der Waals surface area (Å²) in [7, 11) is 0. The maximum absolute atomic E-state index is 9.14. The van der Waals surface area contributed by atoms with Crippen molar-refractivity contribution in [3.63, 3.8) is 0 Å². The van der Waals surface area contributed by atoms with Gasteiger partial charge in [-0.25, -0.2) is 0 Å².